The molecule has 0 bridgehead atoms. The Bertz CT molecular complexity index is 749. The van der Waals surface area contributed by atoms with Gasteiger partial charge in [-0.1, -0.05) is 13.0 Å². The number of benzene rings is 1. The molecule has 0 fully saturated rings. The van der Waals surface area contributed by atoms with Crippen LogP contribution in [0.4, 0.5) is 5.69 Å². The molecular weight excluding hydrogens is 366 g/mol. The number of hydrogen-bond acceptors (Lipinski definition) is 6. The molecule has 2 rings (SSSR count). The predicted octanol–water partition coefficient (Wildman–Crippen LogP) is 2.34. The molecule has 27 heavy (non-hydrogen) atoms. The van der Waals surface area contributed by atoms with Gasteiger partial charge in [0.05, 0.1) is 39.5 Å². The van der Waals surface area contributed by atoms with Crippen molar-refractivity contribution in [3.8, 4) is 11.5 Å². The molecule has 0 aliphatic rings. The molecular formula is C19H25N3O4S. The van der Waals surface area contributed by atoms with Crippen molar-refractivity contribution in [3.05, 3.63) is 40.6 Å². The molecule has 2 amide bonds. The largest absolute Gasteiger partial charge is 0.497 e. The highest BCUT2D eigenvalue weighted by Gasteiger charge is 2.15. The first kappa shape index (κ1) is 20.7. The Morgan fingerprint density at radius 1 is 1.11 bits per heavy atom. The fourth-order valence-electron chi connectivity index (χ4n) is 2.43. The van der Waals surface area contributed by atoms with E-state index < -0.39 is 0 Å². The summed E-state index contributed by atoms with van der Waals surface area (Å²) >= 11 is 1.59. The second-order valence-corrected chi connectivity index (χ2v) is 6.81. The number of hydrogen-bond donors (Lipinski definition) is 2. The van der Waals surface area contributed by atoms with Gasteiger partial charge in [0, 0.05) is 10.9 Å². The van der Waals surface area contributed by atoms with Crippen molar-refractivity contribution in [2.45, 2.75) is 13.5 Å². The number of anilines is 1. The summed E-state index contributed by atoms with van der Waals surface area (Å²) in [4.78, 5) is 27.3. The second kappa shape index (κ2) is 10.5. The molecule has 0 unspecified atom stereocenters. The molecule has 7 nitrogen and oxygen atoms in total. The molecule has 0 spiro atoms. The number of methoxy groups -OCH3 is 2. The van der Waals surface area contributed by atoms with Crippen LogP contribution in [0.2, 0.25) is 0 Å². The Morgan fingerprint density at radius 3 is 2.52 bits per heavy atom. The van der Waals surface area contributed by atoms with Gasteiger partial charge in [0.1, 0.15) is 11.5 Å². The average Bonchev–Trinajstić information content (AvgIpc) is 3.19. The van der Waals surface area contributed by atoms with Gasteiger partial charge in [0.2, 0.25) is 11.8 Å². The molecule has 0 radical (unpaired) electrons. The third-order valence-corrected chi connectivity index (χ3v) is 4.78. The molecule has 2 aromatic rings. The van der Waals surface area contributed by atoms with Crippen LogP contribution in [0.5, 0.6) is 11.5 Å². The topological polar surface area (TPSA) is 79.9 Å². The Balaban J connectivity index is 1.86. The number of carbonyl (C=O) groups is 2. The molecule has 146 valence electrons. The smallest absolute Gasteiger partial charge is 0.238 e. The first-order valence-corrected chi connectivity index (χ1v) is 9.47. The van der Waals surface area contributed by atoms with E-state index in [1.807, 2.05) is 24.4 Å². The fraction of sp³-hybridized carbons (Fsp3) is 0.368. The van der Waals surface area contributed by atoms with Gasteiger partial charge >= 0.3 is 0 Å². The van der Waals surface area contributed by atoms with E-state index in [2.05, 4.69) is 10.6 Å². The van der Waals surface area contributed by atoms with Crippen molar-refractivity contribution in [1.82, 2.24) is 10.2 Å². The summed E-state index contributed by atoms with van der Waals surface area (Å²) in [5.41, 5.74) is 0.557. The van der Waals surface area contributed by atoms with Crippen LogP contribution in [0.1, 0.15) is 11.8 Å². The van der Waals surface area contributed by atoms with E-state index in [0.29, 0.717) is 30.3 Å². The van der Waals surface area contributed by atoms with Crippen LogP contribution in [-0.2, 0) is 16.1 Å². The minimum Gasteiger partial charge on any atom is -0.497 e. The summed E-state index contributed by atoms with van der Waals surface area (Å²) in [5, 5.41) is 7.65. The van der Waals surface area contributed by atoms with Crippen molar-refractivity contribution in [2.75, 3.05) is 39.2 Å². The van der Waals surface area contributed by atoms with Crippen molar-refractivity contribution in [1.29, 1.82) is 0 Å². The minimum absolute atomic E-state index is 0.109. The quantitative estimate of drug-likeness (QED) is 0.650. The van der Waals surface area contributed by atoms with Gasteiger partial charge in [-0.2, -0.15) is 0 Å². The lowest BCUT2D eigenvalue weighted by Gasteiger charge is -2.20. The van der Waals surface area contributed by atoms with Crippen LogP contribution < -0.4 is 20.1 Å². The molecule has 1 aromatic heterocycles. The van der Waals surface area contributed by atoms with Crippen molar-refractivity contribution < 1.29 is 19.1 Å². The first-order chi connectivity index (χ1) is 13.0. The molecule has 2 N–H and O–H groups in total. The number of ether oxygens (including phenoxy) is 2. The Labute approximate surface area is 163 Å². The molecule has 0 saturated heterocycles. The van der Waals surface area contributed by atoms with Crippen LogP contribution >= 0.6 is 11.3 Å². The van der Waals surface area contributed by atoms with Crippen LogP contribution in [0.15, 0.2) is 35.7 Å². The highest BCUT2D eigenvalue weighted by atomic mass is 32.1. The lowest BCUT2D eigenvalue weighted by molar-refractivity contribution is -0.123. The lowest BCUT2D eigenvalue weighted by Crippen LogP contribution is -2.40. The van der Waals surface area contributed by atoms with Crippen molar-refractivity contribution >= 4 is 28.8 Å². The number of thiophene rings is 1. The number of nitrogens with zero attached hydrogens (tertiary/aromatic N) is 1. The zero-order valence-corrected chi connectivity index (χ0v) is 16.6. The van der Waals surface area contributed by atoms with Gasteiger partial charge in [0.25, 0.3) is 0 Å². The fourth-order valence-corrected chi connectivity index (χ4v) is 3.08. The summed E-state index contributed by atoms with van der Waals surface area (Å²) in [6.45, 7) is 3.27. The summed E-state index contributed by atoms with van der Waals surface area (Å²) in [5.74, 6) is 0.827. The zero-order valence-electron chi connectivity index (χ0n) is 15.8. The summed E-state index contributed by atoms with van der Waals surface area (Å²) in [7, 11) is 3.09. The maximum Gasteiger partial charge on any atom is 0.238 e. The van der Waals surface area contributed by atoms with E-state index in [0.717, 1.165) is 4.88 Å². The summed E-state index contributed by atoms with van der Waals surface area (Å²) < 4.78 is 10.4. The maximum absolute atomic E-state index is 12.4. The third-order valence-electron chi connectivity index (χ3n) is 3.90. The average molecular weight is 391 g/mol. The van der Waals surface area contributed by atoms with Gasteiger partial charge < -0.3 is 20.1 Å². The normalized spacial score (nSPS) is 10.5. The van der Waals surface area contributed by atoms with Crippen molar-refractivity contribution in [3.63, 3.8) is 0 Å². The summed E-state index contributed by atoms with van der Waals surface area (Å²) in [6.07, 6.45) is 0. The SMILES string of the molecule is CCN(CC(=O)NCc1cccs1)CC(=O)Nc1ccc(OC)cc1OC. The van der Waals surface area contributed by atoms with E-state index in [1.54, 1.807) is 41.5 Å². The van der Waals surface area contributed by atoms with Gasteiger partial charge in [0.15, 0.2) is 0 Å². The number of rotatable bonds is 10. The Morgan fingerprint density at radius 2 is 1.89 bits per heavy atom. The standard InChI is InChI=1S/C19H25N3O4S/c1-4-22(12-18(23)20-11-15-6-5-9-27-15)13-19(24)21-16-8-7-14(25-2)10-17(16)26-3/h5-10H,4,11-13H2,1-3H3,(H,20,23)(H,21,24). The van der Waals surface area contributed by atoms with E-state index in [9.17, 15) is 9.59 Å². The Kier molecular flexibility index (Phi) is 8.09. The van der Waals surface area contributed by atoms with Gasteiger partial charge in [-0.05, 0) is 30.1 Å². The van der Waals surface area contributed by atoms with Crippen LogP contribution in [0.25, 0.3) is 0 Å². The van der Waals surface area contributed by atoms with Crippen LogP contribution in [0.3, 0.4) is 0 Å². The van der Waals surface area contributed by atoms with E-state index in [4.69, 9.17) is 9.47 Å². The molecule has 0 aliphatic carbocycles. The molecule has 0 atom stereocenters. The highest BCUT2D eigenvalue weighted by molar-refractivity contribution is 7.09. The minimum atomic E-state index is -0.216. The number of nitrogens with one attached hydrogen (secondary N) is 2. The first-order valence-electron chi connectivity index (χ1n) is 8.59. The van der Waals surface area contributed by atoms with Gasteiger partial charge in [-0.3, -0.25) is 14.5 Å². The van der Waals surface area contributed by atoms with Crippen LogP contribution in [-0.4, -0.2) is 50.6 Å². The molecule has 0 aliphatic heterocycles. The monoisotopic (exact) mass is 391 g/mol. The van der Waals surface area contributed by atoms with Gasteiger partial charge in [-0.15, -0.1) is 11.3 Å². The Hall–Kier alpha value is -2.58. The predicted molar refractivity (Wildman–Crippen MR) is 106 cm³/mol. The summed E-state index contributed by atoms with van der Waals surface area (Å²) in [6, 6.07) is 9.08. The van der Waals surface area contributed by atoms with Gasteiger partial charge in [-0.25, -0.2) is 0 Å². The lowest BCUT2D eigenvalue weighted by atomic mass is 10.2. The van der Waals surface area contributed by atoms with E-state index in [1.165, 1.54) is 7.11 Å². The highest BCUT2D eigenvalue weighted by Crippen LogP contribution is 2.28. The molecule has 1 aromatic carbocycles. The molecule has 1 heterocycles. The van der Waals surface area contributed by atoms with Crippen molar-refractivity contribution in [2.24, 2.45) is 0 Å². The second-order valence-electron chi connectivity index (χ2n) is 5.77. The van der Waals surface area contributed by atoms with Crippen LogP contribution in [0, 0.1) is 0 Å². The maximum atomic E-state index is 12.4. The zero-order chi connectivity index (χ0) is 19.6. The number of amides is 2. The van der Waals surface area contributed by atoms with E-state index >= 15 is 0 Å². The molecule has 0 saturated carbocycles. The molecule has 8 heteroatoms. The number of carbonyl (C=O) groups excluding carboxylic acids is 2. The number of likely N-dealkylation sites (N-methyl/N-ethyl adjacent to an activating group) is 1. The third kappa shape index (κ3) is 6.58. The van der Waals surface area contributed by atoms with E-state index in [-0.39, 0.29) is 24.9 Å².